The maximum atomic E-state index is 13.3. The molecule has 9 unspecified atom stereocenters. The summed E-state index contributed by atoms with van der Waals surface area (Å²) in [6.45, 7) is 20.2. The van der Waals surface area contributed by atoms with Crippen LogP contribution in [0.3, 0.4) is 0 Å². The highest BCUT2D eigenvalue weighted by molar-refractivity contribution is 7.91. The van der Waals surface area contributed by atoms with Gasteiger partial charge in [0.15, 0.2) is 9.84 Å². The number of carbonyl (C=O) groups is 1. The molecule has 7 rings (SSSR count). The van der Waals surface area contributed by atoms with E-state index in [1.165, 1.54) is 48.8 Å². The highest BCUT2D eigenvalue weighted by atomic mass is 32.2. The summed E-state index contributed by atoms with van der Waals surface area (Å²) < 4.78 is 26.5. The zero-order chi connectivity index (χ0) is 35.9. The minimum Gasteiger partial charge on any atom is -0.478 e. The van der Waals surface area contributed by atoms with Crippen LogP contribution >= 0.6 is 0 Å². The third-order valence-corrected chi connectivity index (χ3v) is 18.1. The van der Waals surface area contributed by atoms with Crippen LogP contribution in [0.25, 0.3) is 0 Å². The number of fused-ring (bicyclic) bond motifs is 7. The lowest BCUT2D eigenvalue weighted by Crippen LogP contribution is -2.68. The first-order valence-electron chi connectivity index (χ1n) is 19.5. The predicted molar refractivity (Wildman–Crippen MR) is 202 cm³/mol. The molecule has 0 amide bonds. The molecule has 0 aromatic heterocycles. The van der Waals surface area contributed by atoms with Gasteiger partial charge in [0, 0.05) is 17.7 Å². The number of allylic oxidation sites excluding steroid dienone is 6. The van der Waals surface area contributed by atoms with Crippen LogP contribution in [0.2, 0.25) is 0 Å². The molecule has 0 saturated heterocycles. The molecule has 6 heteroatoms. The summed E-state index contributed by atoms with van der Waals surface area (Å²) in [5.41, 5.74) is 5.29. The van der Waals surface area contributed by atoms with Crippen LogP contribution in [0.1, 0.15) is 112 Å². The van der Waals surface area contributed by atoms with Crippen LogP contribution in [0.5, 0.6) is 0 Å². The lowest BCUT2D eigenvalue weighted by molar-refractivity contribution is -0.221. The second-order valence-electron chi connectivity index (χ2n) is 18.6. The fourth-order valence-corrected chi connectivity index (χ4v) is 15.0. The Hall–Kier alpha value is -2.44. The zero-order valence-corrected chi connectivity index (χ0v) is 32.3. The van der Waals surface area contributed by atoms with Crippen molar-refractivity contribution in [2.24, 2.45) is 51.2 Å². The molecule has 0 aliphatic heterocycles. The average Bonchev–Trinajstić information content (AvgIpc) is 3.45. The number of hydrogen-bond donors (Lipinski definition) is 2. The standard InChI is InChI=1S/C44H61NO4S/c1-29(2)33-19-24-44(45-27-28-50(48,49)32-11-9-8-10-12-32)26-25-42(6)35(38(33)44)17-18-37-41(5)22-20-34(30-13-15-31(16-14-30)39(46)47)40(3,4)36(41)21-23-43(37,42)7/h8-13,15,20,33,35-38,45H,1,14,16-19,21-28H2,2-7H3,(H,46,47). The molecule has 2 N–H and O–H groups in total. The summed E-state index contributed by atoms with van der Waals surface area (Å²) in [5, 5.41) is 13.5. The number of sulfone groups is 1. The summed E-state index contributed by atoms with van der Waals surface area (Å²) in [6.07, 6.45) is 18.6. The minimum absolute atomic E-state index is 0.0303. The Morgan fingerprint density at radius 3 is 2.30 bits per heavy atom. The molecule has 1 aromatic rings. The third kappa shape index (κ3) is 5.31. The zero-order valence-electron chi connectivity index (χ0n) is 31.5. The molecule has 0 bridgehead atoms. The maximum Gasteiger partial charge on any atom is 0.331 e. The molecule has 1 aromatic carbocycles. The van der Waals surface area contributed by atoms with Crippen molar-refractivity contribution >= 4 is 15.8 Å². The van der Waals surface area contributed by atoms with E-state index in [0.29, 0.717) is 53.0 Å². The Bertz CT molecular complexity index is 1750. The molecule has 6 aliphatic rings. The van der Waals surface area contributed by atoms with E-state index in [1.54, 1.807) is 12.1 Å². The molecule has 50 heavy (non-hydrogen) atoms. The molecule has 0 spiro atoms. The van der Waals surface area contributed by atoms with Gasteiger partial charge in [0.05, 0.1) is 10.6 Å². The Kier molecular flexibility index (Phi) is 8.86. The minimum atomic E-state index is -3.34. The van der Waals surface area contributed by atoms with Crippen molar-refractivity contribution in [3.63, 3.8) is 0 Å². The smallest absolute Gasteiger partial charge is 0.331 e. The third-order valence-electron chi connectivity index (χ3n) is 16.4. The quantitative estimate of drug-likeness (QED) is 0.264. The van der Waals surface area contributed by atoms with E-state index < -0.39 is 15.8 Å². The average molecular weight is 700 g/mol. The second-order valence-corrected chi connectivity index (χ2v) is 20.7. The SMILES string of the molecule is C=C(C)C1CCC2(NCCS(=O)(=O)c3ccccc3)CCC3(C)C(CCC4C5(C)CC=C(C6=CC=C(C(=O)O)CC6)C(C)(C)C5CCC43C)C12. The monoisotopic (exact) mass is 699 g/mol. The highest BCUT2D eigenvalue weighted by Crippen LogP contribution is 2.76. The van der Waals surface area contributed by atoms with E-state index in [2.05, 4.69) is 65.6 Å². The Labute approximate surface area is 302 Å². The highest BCUT2D eigenvalue weighted by Gasteiger charge is 2.70. The molecule has 4 fully saturated rings. The van der Waals surface area contributed by atoms with Crippen LogP contribution in [0, 0.1) is 51.2 Å². The van der Waals surface area contributed by atoms with Crippen molar-refractivity contribution in [2.45, 2.75) is 123 Å². The van der Waals surface area contributed by atoms with Gasteiger partial charge < -0.3 is 10.4 Å². The van der Waals surface area contributed by atoms with Gasteiger partial charge in [-0.2, -0.15) is 0 Å². The first kappa shape index (κ1) is 35.9. The molecule has 6 aliphatic carbocycles. The molecular weight excluding hydrogens is 639 g/mol. The van der Waals surface area contributed by atoms with Crippen molar-refractivity contribution in [1.82, 2.24) is 5.32 Å². The number of nitrogens with one attached hydrogen (secondary N) is 1. The molecule has 5 nitrogen and oxygen atoms in total. The summed E-state index contributed by atoms with van der Waals surface area (Å²) >= 11 is 0. The van der Waals surface area contributed by atoms with Gasteiger partial charge in [0.25, 0.3) is 0 Å². The molecule has 9 atom stereocenters. The van der Waals surface area contributed by atoms with E-state index >= 15 is 0 Å². The van der Waals surface area contributed by atoms with Gasteiger partial charge in [-0.15, -0.1) is 0 Å². The first-order chi connectivity index (χ1) is 23.5. The summed E-state index contributed by atoms with van der Waals surface area (Å²) in [4.78, 5) is 12.0. The molecule has 0 radical (unpaired) electrons. The number of carboxylic acid groups (broad SMARTS) is 1. The number of carboxylic acids is 1. The van der Waals surface area contributed by atoms with Crippen molar-refractivity contribution < 1.29 is 18.3 Å². The van der Waals surface area contributed by atoms with Crippen molar-refractivity contribution in [3.05, 3.63) is 77.4 Å². The van der Waals surface area contributed by atoms with E-state index in [0.717, 1.165) is 32.1 Å². The number of hydrogen-bond acceptors (Lipinski definition) is 4. The van der Waals surface area contributed by atoms with Crippen LogP contribution < -0.4 is 5.32 Å². The van der Waals surface area contributed by atoms with Gasteiger partial charge in [-0.1, -0.05) is 83.2 Å². The summed E-state index contributed by atoms with van der Waals surface area (Å²) in [5.74, 6) is 2.12. The van der Waals surface area contributed by atoms with Crippen LogP contribution in [-0.4, -0.2) is 37.3 Å². The van der Waals surface area contributed by atoms with Gasteiger partial charge in [0.1, 0.15) is 0 Å². The van der Waals surface area contributed by atoms with Gasteiger partial charge in [-0.05, 0) is 152 Å². The van der Waals surface area contributed by atoms with Crippen molar-refractivity contribution in [3.8, 4) is 0 Å². The number of benzene rings is 1. The fraction of sp³-hybridized carbons (Fsp3) is 0.659. The van der Waals surface area contributed by atoms with E-state index in [-0.39, 0.29) is 33.0 Å². The normalized spacial score (nSPS) is 40.6. The Balaban J connectivity index is 1.16. The molecular formula is C44H61NO4S. The van der Waals surface area contributed by atoms with E-state index in [9.17, 15) is 18.3 Å². The number of aliphatic carboxylic acids is 1. The number of rotatable bonds is 8. The van der Waals surface area contributed by atoms with Gasteiger partial charge in [-0.3, -0.25) is 0 Å². The molecule has 0 heterocycles. The van der Waals surface area contributed by atoms with Crippen LogP contribution in [0.4, 0.5) is 0 Å². The van der Waals surface area contributed by atoms with Gasteiger partial charge in [-0.25, -0.2) is 13.2 Å². The summed E-state index contributed by atoms with van der Waals surface area (Å²) in [7, 11) is -3.34. The van der Waals surface area contributed by atoms with E-state index in [4.69, 9.17) is 0 Å². The lowest BCUT2D eigenvalue weighted by atomic mass is 9.33. The topological polar surface area (TPSA) is 83.5 Å². The van der Waals surface area contributed by atoms with Crippen LogP contribution in [-0.2, 0) is 14.6 Å². The first-order valence-corrected chi connectivity index (χ1v) is 21.2. The Morgan fingerprint density at radius 1 is 0.900 bits per heavy atom. The van der Waals surface area contributed by atoms with Crippen molar-refractivity contribution in [2.75, 3.05) is 12.3 Å². The largest absolute Gasteiger partial charge is 0.478 e. The van der Waals surface area contributed by atoms with E-state index in [1.807, 2.05) is 24.3 Å². The van der Waals surface area contributed by atoms with Crippen LogP contribution in [0.15, 0.2) is 82.3 Å². The Morgan fingerprint density at radius 2 is 1.64 bits per heavy atom. The van der Waals surface area contributed by atoms with Crippen molar-refractivity contribution in [1.29, 1.82) is 0 Å². The summed E-state index contributed by atoms with van der Waals surface area (Å²) in [6, 6.07) is 8.92. The second kappa shape index (κ2) is 12.3. The molecule has 4 saturated carbocycles. The maximum absolute atomic E-state index is 13.3. The lowest BCUT2D eigenvalue weighted by Gasteiger charge is -2.72. The van der Waals surface area contributed by atoms with Gasteiger partial charge >= 0.3 is 5.97 Å². The molecule has 272 valence electrons. The van der Waals surface area contributed by atoms with Gasteiger partial charge in [0.2, 0.25) is 0 Å². The fourth-order valence-electron chi connectivity index (χ4n) is 13.8. The predicted octanol–water partition coefficient (Wildman–Crippen LogP) is 9.73.